The Morgan fingerprint density at radius 3 is 2.40 bits per heavy atom. The summed E-state index contributed by atoms with van der Waals surface area (Å²) in [6.45, 7) is 0.738. The zero-order valence-electron chi connectivity index (χ0n) is 13.4. The number of carbonyl (C=O) groups is 1. The number of alkyl halides is 3. The Morgan fingerprint density at radius 2 is 1.96 bits per heavy atom. The van der Waals surface area contributed by atoms with E-state index in [0.29, 0.717) is 12.3 Å². The fraction of sp³-hybridized carbons (Fsp3) is 0.500. The van der Waals surface area contributed by atoms with Crippen molar-refractivity contribution in [1.29, 1.82) is 0 Å². The van der Waals surface area contributed by atoms with Gasteiger partial charge in [-0.1, -0.05) is 6.07 Å². The van der Waals surface area contributed by atoms with Gasteiger partial charge in [0.15, 0.2) is 9.84 Å². The van der Waals surface area contributed by atoms with Crippen LogP contribution in [0.2, 0.25) is 0 Å². The molecule has 1 aromatic carbocycles. The van der Waals surface area contributed by atoms with Gasteiger partial charge in [-0.05, 0) is 24.6 Å². The van der Waals surface area contributed by atoms with E-state index in [2.05, 4.69) is 4.74 Å². The van der Waals surface area contributed by atoms with Crippen LogP contribution in [0, 0.1) is 10.1 Å². The fourth-order valence-corrected chi connectivity index (χ4v) is 3.12. The molecule has 0 aromatic heterocycles. The number of halogens is 3. The zero-order valence-corrected chi connectivity index (χ0v) is 14.2. The van der Waals surface area contributed by atoms with Crippen molar-refractivity contribution in [3.63, 3.8) is 0 Å². The average molecular weight is 383 g/mol. The van der Waals surface area contributed by atoms with Crippen LogP contribution in [-0.4, -0.2) is 38.7 Å². The minimum Gasteiger partial charge on any atom is -0.466 e. The molecule has 0 aliphatic heterocycles. The summed E-state index contributed by atoms with van der Waals surface area (Å²) in [7, 11) is -4.16. The molecule has 0 aliphatic rings. The molecule has 140 valence electrons. The number of ether oxygens (including phenoxy) is 1. The second kappa shape index (κ2) is 7.81. The summed E-state index contributed by atoms with van der Waals surface area (Å²) in [6, 6.07) is 2.31. The molecule has 0 saturated carbocycles. The van der Waals surface area contributed by atoms with Gasteiger partial charge in [-0.25, -0.2) is 8.42 Å². The molecular formula is C14H16F3NO6S. The minimum atomic E-state index is -4.97. The number of hydrogen-bond acceptors (Lipinski definition) is 6. The second-order valence-corrected chi connectivity index (χ2v) is 7.23. The first-order chi connectivity index (χ1) is 11.4. The van der Waals surface area contributed by atoms with Crippen LogP contribution >= 0.6 is 0 Å². The lowest BCUT2D eigenvalue weighted by molar-refractivity contribution is -0.483. The number of sulfone groups is 1. The number of hydrogen-bond donors (Lipinski definition) is 0. The van der Waals surface area contributed by atoms with Gasteiger partial charge in [0.25, 0.3) is 0 Å². The summed E-state index contributed by atoms with van der Waals surface area (Å²) in [4.78, 5) is 20.6. The summed E-state index contributed by atoms with van der Waals surface area (Å²) >= 11 is 0. The predicted molar refractivity (Wildman–Crippen MR) is 80.4 cm³/mol. The Morgan fingerprint density at radius 1 is 1.36 bits per heavy atom. The number of benzene rings is 1. The van der Waals surface area contributed by atoms with Crippen molar-refractivity contribution < 1.29 is 36.0 Å². The van der Waals surface area contributed by atoms with Crippen molar-refractivity contribution in [1.82, 2.24) is 0 Å². The highest BCUT2D eigenvalue weighted by atomic mass is 32.2. The summed E-state index contributed by atoms with van der Waals surface area (Å²) in [5.41, 5.74) is -1.59. The molecule has 0 bridgehead atoms. The first-order valence-electron chi connectivity index (χ1n) is 7.04. The number of rotatable bonds is 7. The maximum atomic E-state index is 13.2. The number of nitro groups is 1. The summed E-state index contributed by atoms with van der Waals surface area (Å²) in [6.07, 6.45) is -4.84. The van der Waals surface area contributed by atoms with Gasteiger partial charge in [0.2, 0.25) is 6.54 Å². The van der Waals surface area contributed by atoms with Gasteiger partial charge in [0.05, 0.1) is 29.4 Å². The smallest absolute Gasteiger partial charge is 0.417 e. The van der Waals surface area contributed by atoms with Crippen molar-refractivity contribution in [3.8, 4) is 0 Å². The maximum absolute atomic E-state index is 13.2. The van der Waals surface area contributed by atoms with E-state index < -0.39 is 56.2 Å². The highest BCUT2D eigenvalue weighted by Gasteiger charge is 2.37. The van der Waals surface area contributed by atoms with Crippen molar-refractivity contribution in [2.45, 2.75) is 30.3 Å². The standard InChI is InChI=1S/C14H16F3NO6S/c1-3-24-13(19)7-10(8-18(20)21)9-4-5-12(25(2,22)23)11(6-9)14(15,16)17/h4-6,10H,3,7-8H2,1-2H3. The molecule has 7 nitrogen and oxygen atoms in total. The predicted octanol–water partition coefficient (Wildman–Crippen LogP) is 2.42. The molecule has 0 fully saturated rings. The molecule has 25 heavy (non-hydrogen) atoms. The SMILES string of the molecule is CCOC(=O)CC(C[N+](=O)[O-])c1ccc(S(C)(=O)=O)c(C(F)(F)F)c1. The van der Waals surface area contributed by atoms with Crippen LogP contribution in [0.4, 0.5) is 13.2 Å². The van der Waals surface area contributed by atoms with Gasteiger partial charge in [-0.15, -0.1) is 0 Å². The molecule has 1 atom stereocenters. The Bertz CT molecular complexity index is 760. The first-order valence-corrected chi connectivity index (χ1v) is 8.94. The molecular weight excluding hydrogens is 367 g/mol. The van der Waals surface area contributed by atoms with Crippen LogP contribution < -0.4 is 0 Å². The molecule has 1 unspecified atom stereocenters. The van der Waals surface area contributed by atoms with Gasteiger partial charge < -0.3 is 4.74 Å². The van der Waals surface area contributed by atoms with E-state index in [0.717, 1.165) is 12.1 Å². The molecule has 0 saturated heterocycles. The van der Waals surface area contributed by atoms with Crippen molar-refractivity contribution in [3.05, 3.63) is 39.4 Å². The Balaban J connectivity index is 3.40. The van der Waals surface area contributed by atoms with Crippen LogP contribution in [-0.2, 0) is 25.5 Å². The summed E-state index contributed by atoms with van der Waals surface area (Å²) < 4.78 is 67.3. The number of nitrogens with zero attached hydrogens (tertiary/aromatic N) is 1. The van der Waals surface area contributed by atoms with Crippen LogP contribution in [0.5, 0.6) is 0 Å². The lowest BCUT2D eigenvalue weighted by atomic mass is 9.94. The number of esters is 1. The Kier molecular flexibility index (Phi) is 6.52. The van der Waals surface area contributed by atoms with Gasteiger partial charge in [-0.2, -0.15) is 13.2 Å². The van der Waals surface area contributed by atoms with Gasteiger partial charge in [-0.3, -0.25) is 14.9 Å². The third kappa shape index (κ3) is 6.00. The van der Waals surface area contributed by atoms with Gasteiger partial charge in [0, 0.05) is 11.2 Å². The summed E-state index contributed by atoms with van der Waals surface area (Å²) in [5, 5.41) is 10.8. The zero-order chi connectivity index (χ0) is 19.4. The molecule has 0 radical (unpaired) electrons. The second-order valence-electron chi connectivity index (χ2n) is 5.25. The normalized spacial score (nSPS) is 13.3. The van der Waals surface area contributed by atoms with Crippen LogP contribution in [0.25, 0.3) is 0 Å². The number of carbonyl (C=O) groups excluding carboxylic acids is 1. The Labute approximate surface area is 141 Å². The van der Waals surface area contributed by atoms with Crippen molar-refractivity contribution >= 4 is 15.8 Å². The molecule has 1 aromatic rings. The third-order valence-corrected chi connectivity index (χ3v) is 4.42. The Hall–Kier alpha value is -2.17. The highest BCUT2D eigenvalue weighted by Crippen LogP contribution is 2.36. The lowest BCUT2D eigenvalue weighted by Crippen LogP contribution is -2.20. The minimum absolute atomic E-state index is 0.0187. The quantitative estimate of drug-likeness (QED) is 0.407. The van der Waals surface area contributed by atoms with Crippen LogP contribution in [0.3, 0.4) is 0 Å². The monoisotopic (exact) mass is 383 g/mol. The van der Waals surface area contributed by atoms with Crippen molar-refractivity contribution in [2.75, 3.05) is 19.4 Å². The molecule has 1 rings (SSSR count). The highest BCUT2D eigenvalue weighted by molar-refractivity contribution is 7.90. The molecule has 0 N–H and O–H groups in total. The van der Waals surface area contributed by atoms with Crippen molar-refractivity contribution in [2.24, 2.45) is 0 Å². The van der Waals surface area contributed by atoms with Crippen LogP contribution in [0.1, 0.15) is 30.4 Å². The maximum Gasteiger partial charge on any atom is 0.417 e. The molecule has 0 amide bonds. The summed E-state index contributed by atoms with van der Waals surface area (Å²) in [5.74, 6) is -1.97. The van der Waals surface area contributed by atoms with E-state index in [1.54, 1.807) is 0 Å². The van der Waals surface area contributed by atoms with E-state index in [-0.39, 0.29) is 12.2 Å². The molecule has 11 heteroatoms. The van der Waals surface area contributed by atoms with E-state index >= 15 is 0 Å². The molecule has 0 heterocycles. The third-order valence-electron chi connectivity index (χ3n) is 3.27. The first kappa shape index (κ1) is 20.9. The molecule has 0 aliphatic carbocycles. The fourth-order valence-electron chi connectivity index (χ4n) is 2.24. The topological polar surface area (TPSA) is 104 Å². The van der Waals surface area contributed by atoms with Gasteiger partial charge in [0.1, 0.15) is 0 Å². The molecule has 0 spiro atoms. The van der Waals surface area contributed by atoms with Crippen LogP contribution in [0.15, 0.2) is 23.1 Å². The van der Waals surface area contributed by atoms with Gasteiger partial charge >= 0.3 is 12.1 Å². The average Bonchev–Trinajstić information content (AvgIpc) is 2.44. The van der Waals surface area contributed by atoms with E-state index in [1.807, 2.05) is 0 Å². The largest absolute Gasteiger partial charge is 0.466 e. The van der Waals surface area contributed by atoms with E-state index in [9.17, 15) is 36.5 Å². The lowest BCUT2D eigenvalue weighted by Gasteiger charge is -2.17. The van der Waals surface area contributed by atoms with E-state index in [4.69, 9.17) is 0 Å². The van der Waals surface area contributed by atoms with E-state index in [1.165, 1.54) is 6.92 Å².